The quantitative estimate of drug-likeness (QED) is 0.763. The Balaban J connectivity index is 3.00. The van der Waals surface area contributed by atoms with E-state index in [0.29, 0.717) is 5.82 Å². The number of aromatic nitrogens is 2. The molecule has 0 aromatic carbocycles. The van der Waals surface area contributed by atoms with Gasteiger partial charge in [-0.05, 0) is 13.3 Å². The first-order valence-electron chi connectivity index (χ1n) is 4.31. The third kappa shape index (κ3) is 1.88. The third-order valence-electron chi connectivity index (χ3n) is 2.08. The van der Waals surface area contributed by atoms with Gasteiger partial charge in [-0.15, -0.1) is 0 Å². The van der Waals surface area contributed by atoms with Gasteiger partial charge in [0, 0.05) is 13.2 Å². The van der Waals surface area contributed by atoms with E-state index in [0.717, 1.165) is 12.1 Å². The van der Waals surface area contributed by atoms with E-state index >= 15 is 0 Å². The molecule has 0 amide bonds. The van der Waals surface area contributed by atoms with Crippen molar-refractivity contribution in [1.82, 2.24) is 9.55 Å². The molecule has 72 valence electrons. The lowest BCUT2D eigenvalue weighted by Gasteiger charge is -2.04. The van der Waals surface area contributed by atoms with Gasteiger partial charge < -0.3 is 9.67 Å². The van der Waals surface area contributed by atoms with E-state index in [9.17, 15) is 4.79 Å². The van der Waals surface area contributed by atoms with Crippen molar-refractivity contribution in [2.45, 2.75) is 26.2 Å². The highest BCUT2D eigenvalue weighted by molar-refractivity contribution is 5.74. The molecule has 1 N–H and O–H groups in total. The van der Waals surface area contributed by atoms with Gasteiger partial charge >= 0.3 is 5.97 Å². The topological polar surface area (TPSA) is 55.1 Å². The highest BCUT2D eigenvalue weighted by Gasteiger charge is 2.18. The summed E-state index contributed by atoms with van der Waals surface area (Å²) in [5.74, 6) is -0.758. The van der Waals surface area contributed by atoms with Gasteiger partial charge in [-0.25, -0.2) is 4.98 Å². The van der Waals surface area contributed by atoms with Crippen LogP contribution in [0, 0.1) is 0 Å². The largest absolute Gasteiger partial charge is 0.481 e. The molecular weight excluding hydrogens is 168 g/mol. The second-order valence-corrected chi connectivity index (χ2v) is 3.11. The second kappa shape index (κ2) is 3.60. The maximum atomic E-state index is 10.7. The first kappa shape index (κ1) is 9.77. The summed E-state index contributed by atoms with van der Waals surface area (Å²) in [6.45, 7) is 3.64. The van der Waals surface area contributed by atoms with Crippen molar-refractivity contribution < 1.29 is 9.90 Å². The minimum atomic E-state index is -0.837. The number of rotatable bonds is 3. The Kier molecular flexibility index (Phi) is 2.70. The van der Waals surface area contributed by atoms with Crippen LogP contribution in [-0.4, -0.2) is 20.6 Å². The number of hydrogen-bond acceptors (Lipinski definition) is 2. The van der Waals surface area contributed by atoms with Crippen LogP contribution in [0.5, 0.6) is 0 Å². The second-order valence-electron chi connectivity index (χ2n) is 3.11. The predicted octanol–water partition coefficient (Wildman–Crippen LogP) is 1.17. The summed E-state index contributed by atoms with van der Waals surface area (Å²) in [7, 11) is 1.82. The summed E-state index contributed by atoms with van der Waals surface area (Å²) in [5, 5.41) is 8.79. The van der Waals surface area contributed by atoms with Crippen LogP contribution in [0.1, 0.15) is 31.3 Å². The highest BCUT2D eigenvalue weighted by atomic mass is 16.4. The molecule has 0 spiro atoms. The molecule has 0 radical (unpaired) electrons. The van der Waals surface area contributed by atoms with Gasteiger partial charge in [0.05, 0.1) is 5.69 Å². The van der Waals surface area contributed by atoms with Crippen LogP contribution in [0.4, 0.5) is 0 Å². The molecule has 1 atom stereocenters. The van der Waals surface area contributed by atoms with Crippen LogP contribution in [0.3, 0.4) is 0 Å². The van der Waals surface area contributed by atoms with Crippen molar-refractivity contribution >= 4 is 5.97 Å². The van der Waals surface area contributed by atoms with Crippen molar-refractivity contribution in [2.24, 2.45) is 7.05 Å². The molecule has 4 nitrogen and oxygen atoms in total. The fourth-order valence-corrected chi connectivity index (χ4v) is 1.23. The molecule has 4 heteroatoms. The molecule has 0 aliphatic heterocycles. The lowest BCUT2D eigenvalue weighted by atomic mass is 10.2. The van der Waals surface area contributed by atoms with Gasteiger partial charge in [0.15, 0.2) is 0 Å². The van der Waals surface area contributed by atoms with Gasteiger partial charge in [-0.2, -0.15) is 0 Å². The summed E-state index contributed by atoms with van der Waals surface area (Å²) in [6, 6.07) is 0. The van der Waals surface area contributed by atoms with E-state index in [1.165, 1.54) is 0 Å². The van der Waals surface area contributed by atoms with E-state index in [2.05, 4.69) is 4.98 Å². The number of aliphatic carboxylic acids is 1. The molecule has 13 heavy (non-hydrogen) atoms. The van der Waals surface area contributed by atoms with Crippen molar-refractivity contribution in [3.63, 3.8) is 0 Å². The summed E-state index contributed by atoms with van der Waals surface area (Å²) < 4.78 is 1.78. The Hall–Kier alpha value is -1.32. The number of nitrogens with zero attached hydrogens (tertiary/aromatic N) is 2. The summed E-state index contributed by atoms with van der Waals surface area (Å²) in [4.78, 5) is 14.9. The lowest BCUT2D eigenvalue weighted by Crippen LogP contribution is -2.12. The molecule has 1 unspecified atom stereocenters. The zero-order valence-electron chi connectivity index (χ0n) is 8.11. The Morgan fingerprint density at radius 1 is 1.77 bits per heavy atom. The normalized spacial score (nSPS) is 12.8. The van der Waals surface area contributed by atoms with Crippen molar-refractivity contribution in [1.29, 1.82) is 0 Å². The molecule has 0 saturated heterocycles. The van der Waals surface area contributed by atoms with Gasteiger partial charge in [-0.3, -0.25) is 4.79 Å². The van der Waals surface area contributed by atoms with Gasteiger partial charge in [0.2, 0.25) is 0 Å². The van der Waals surface area contributed by atoms with Gasteiger partial charge in [0.25, 0.3) is 0 Å². The Morgan fingerprint density at radius 2 is 2.38 bits per heavy atom. The molecular formula is C9H14N2O2. The zero-order valence-corrected chi connectivity index (χ0v) is 8.11. The molecule has 0 saturated carbocycles. The molecule has 1 rings (SSSR count). The average molecular weight is 182 g/mol. The average Bonchev–Trinajstić information content (AvgIpc) is 2.45. The number of imidazole rings is 1. The van der Waals surface area contributed by atoms with Crippen molar-refractivity contribution in [2.75, 3.05) is 0 Å². The van der Waals surface area contributed by atoms with E-state index < -0.39 is 11.9 Å². The monoisotopic (exact) mass is 182 g/mol. The molecule has 0 aliphatic rings. The van der Waals surface area contributed by atoms with Crippen LogP contribution in [0.25, 0.3) is 0 Å². The van der Waals surface area contributed by atoms with Crippen LogP contribution in [0.2, 0.25) is 0 Å². The van der Waals surface area contributed by atoms with E-state index in [1.54, 1.807) is 11.5 Å². The Labute approximate surface area is 77.2 Å². The fraction of sp³-hybridized carbons (Fsp3) is 0.556. The zero-order chi connectivity index (χ0) is 10.0. The minimum absolute atomic E-state index is 0.537. The first-order chi connectivity index (χ1) is 6.06. The summed E-state index contributed by atoms with van der Waals surface area (Å²) in [5.41, 5.74) is 0.936. The number of hydrogen-bond donors (Lipinski definition) is 1. The molecule has 1 aromatic rings. The standard InChI is InChI=1S/C9H14N2O2/c1-4-7-5-11(3)8(10-7)6(2)9(12)13/h5-6H,4H2,1-3H3,(H,12,13). The molecule has 1 aromatic heterocycles. The summed E-state index contributed by atoms with van der Waals surface area (Å²) >= 11 is 0. The predicted molar refractivity (Wildman–Crippen MR) is 48.6 cm³/mol. The maximum Gasteiger partial charge on any atom is 0.313 e. The van der Waals surface area contributed by atoms with Crippen LogP contribution < -0.4 is 0 Å². The van der Waals surface area contributed by atoms with Crippen LogP contribution in [-0.2, 0) is 18.3 Å². The lowest BCUT2D eigenvalue weighted by molar-refractivity contribution is -0.138. The van der Waals surface area contributed by atoms with E-state index in [-0.39, 0.29) is 0 Å². The van der Waals surface area contributed by atoms with Crippen molar-refractivity contribution in [3.05, 3.63) is 17.7 Å². The van der Waals surface area contributed by atoms with Gasteiger partial charge in [0.1, 0.15) is 11.7 Å². The Bertz CT molecular complexity index is 317. The number of carboxylic acids is 1. The number of aryl methyl sites for hydroxylation is 2. The van der Waals surface area contributed by atoms with E-state index in [4.69, 9.17) is 5.11 Å². The van der Waals surface area contributed by atoms with Crippen molar-refractivity contribution in [3.8, 4) is 0 Å². The molecule has 0 fully saturated rings. The third-order valence-corrected chi connectivity index (χ3v) is 2.08. The fourth-order valence-electron chi connectivity index (χ4n) is 1.23. The maximum absolute atomic E-state index is 10.7. The highest BCUT2D eigenvalue weighted by Crippen LogP contribution is 2.14. The summed E-state index contributed by atoms with van der Waals surface area (Å²) in [6.07, 6.45) is 2.70. The molecule has 1 heterocycles. The first-order valence-corrected chi connectivity index (χ1v) is 4.31. The van der Waals surface area contributed by atoms with Crippen LogP contribution in [0.15, 0.2) is 6.20 Å². The van der Waals surface area contributed by atoms with E-state index in [1.807, 2.05) is 20.2 Å². The molecule has 0 aliphatic carbocycles. The smallest absolute Gasteiger partial charge is 0.313 e. The Morgan fingerprint density at radius 3 is 2.77 bits per heavy atom. The molecule has 0 bridgehead atoms. The minimum Gasteiger partial charge on any atom is -0.481 e. The number of carbonyl (C=O) groups is 1. The van der Waals surface area contributed by atoms with Gasteiger partial charge in [-0.1, -0.05) is 6.92 Å². The SMILES string of the molecule is CCc1cn(C)c(C(C)C(=O)O)n1. The van der Waals surface area contributed by atoms with Crippen LogP contribution >= 0.6 is 0 Å². The number of carboxylic acid groups (broad SMARTS) is 1.